The molecule has 0 radical (unpaired) electrons. The average Bonchev–Trinajstić information content (AvgIpc) is 2.56. The van der Waals surface area contributed by atoms with Gasteiger partial charge in [-0.15, -0.1) is 0 Å². The Bertz CT molecular complexity index is 795. The Kier molecular flexibility index (Phi) is 6.02. The molecule has 0 fully saturated rings. The maximum Gasteiger partial charge on any atom is 0.328 e. The summed E-state index contributed by atoms with van der Waals surface area (Å²) < 4.78 is 0.969. The molecule has 8 heteroatoms. The predicted molar refractivity (Wildman–Crippen MR) is 90.2 cm³/mol. The van der Waals surface area contributed by atoms with Crippen molar-refractivity contribution >= 4 is 5.91 Å². The van der Waals surface area contributed by atoms with Crippen LogP contribution in [0.1, 0.15) is 22.5 Å². The fourth-order valence-electron chi connectivity index (χ4n) is 2.16. The minimum absolute atomic E-state index is 0.0107. The molecule has 8 nitrogen and oxygen atoms in total. The lowest BCUT2D eigenvalue weighted by Gasteiger charge is -2.10. The number of nitrogens with zero attached hydrogens (tertiary/aromatic N) is 3. The largest absolute Gasteiger partial charge is 0.352 e. The van der Waals surface area contributed by atoms with E-state index >= 15 is 0 Å². The fourth-order valence-corrected chi connectivity index (χ4v) is 2.16. The van der Waals surface area contributed by atoms with Gasteiger partial charge in [-0.3, -0.25) is 19.1 Å². The lowest BCUT2D eigenvalue weighted by molar-refractivity contribution is 0.0949. The molecule has 0 spiro atoms. The Morgan fingerprint density at radius 2 is 2.12 bits per heavy atom. The van der Waals surface area contributed by atoms with E-state index in [1.807, 2.05) is 19.0 Å². The molecule has 2 N–H and O–H groups in total. The van der Waals surface area contributed by atoms with Crippen LogP contribution in [0.2, 0.25) is 0 Å². The Labute approximate surface area is 139 Å². The van der Waals surface area contributed by atoms with E-state index in [9.17, 15) is 14.4 Å². The number of hydrogen-bond donors (Lipinski definition) is 2. The Morgan fingerprint density at radius 1 is 1.33 bits per heavy atom. The van der Waals surface area contributed by atoms with E-state index in [-0.39, 0.29) is 12.1 Å². The maximum absolute atomic E-state index is 12.4. The van der Waals surface area contributed by atoms with Crippen LogP contribution in [0, 0.1) is 0 Å². The van der Waals surface area contributed by atoms with E-state index < -0.39 is 17.2 Å². The van der Waals surface area contributed by atoms with Gasteiger partial charge in [0.15, 0.2) is 0 Å². The smallest absolute Gasteiger partial charge is 0.328 e. The second kappa shape index (κ2) is 8.21. The van der Waals surface area contributed by atoms with Crippen molar-refractivity contribution in [2.45, 2.75) is 13.0 Å². The monoisotopic (exact) mass is 331 g/mol. The highest BCUT2D eigenvalue weighted by Crippen LogP contribution is 1.95. The molecular weight excluding hydrogens is 310 g/mol. The first-order chi connectivity index (χ1) is 11.5. The molecule has 24 heavy (non-hydrogen) atoms. The number of H-pyrrole nitrogens is 1. The third kappa shape index (κ3) is 4.63. The van der Waals surface area contributed by atoms with Gasteiger partial charge in [-0.25, -0.2) is 4.79 Å². The van der Waals surface area contributed by atoms with Crippen LogP contribution in [-0.4, -0.2) is 52.5 Å². The van der Waals surface area contributed by atoms with Gasteiger partial charge >= 0.3 is 5.69 Å². The zero-order chi connectivity index (χ0) is 17.5. The minimum Gasteiger partial charge on any atom is -0.352 e. The number of hydrogen-bond acceptors (Lipinski definition) is 5. The van der Waals surface area contributed by atoms with E-state index in [0.717, 1.165) is 23.7 Å². The molecule has 0 unspecified atom stereocenters. The molecular formula is C16H21N5O3. The molecule has 0 saturated carbocycles. The Hall–Kier alpha value is -2.74. The quantitative estimate of drug-likeness (QED) is 0.676. The maximum atomic E-state index is 12.4. The zero-order valence-corrected chi connectivity index (χ0v) is 13.8. The van der Waals surface area contributed by atoms with Crippen LogP contribution in [0.15, 0.2) is 40.2 Å². The summed E-state index contributed by atoms with van der Waals surface area (Å²) in [6, 6.07) is 5.22. The summed E-state index contributed by atoms with van der Waals surface area (Å²) in [5.41, 5.74) is -0.728. The molecule has 0 saturated heterocycles. The number of carbonyl (C=O) groups is 1. The molecule has 0 aliphatic carbocycles. The van der Waals surface area contributed by atoms with Crippen molar-refractivity contribution < 1.29 is 4.79 Å². The van der Waals surface area contributed by atoms with Gasteiger partial charge in [0.1, 0.15) is 5.56 Å². The number of carbonyl (C=O) groups excluding carboxylic acids is 1. The van der Waals surface area contributed by atoms with Crippen LogP contribution in [0.5, 0.6) is 0 Å². The average molecular weight is 331 g/mol. The van der Waals surface area contributed by atoms with Crippen molar-refractivity contribution in [3.63, 3.8) is 0 Å². The topological polar surface area (TPSA) is 100 Å². The Balaban J connectivity index is 2.14. The van der Waals surface area contributed by atoms with Crippen molar-refractivity contribution in [2.24, 2.45) is 0 Å². The molecule has 2 aromatic rings. The number of rotatable bonds is 7. The third-order valence-electron chi connectivity index (χ3n) is 3.42. The van der Waals surface area contributed by atoms with Gasteiger partial charge in [-0.1, -0.05) is 6.07 Å². The lowest BCUT2D eigenvalue weighted by Crippen LogP contribution is -2.41. The van der Waals surface area contributed by atoms with Crippen molar-refractivity contribution in [3.8, 4) is 0 Å². The molecule has 0 bridgehead atoms. The van der Waals surface area contributed by atoms with E-state index in [1.54, 1.807) is 24.4 Å². The summed E-state index contributed by atoms with van der Waals surface area (Å²) in [7, 11) is 3.89. The number of amides is 1. The standard InChI is InChI=1S/C16H21N5O3/c1-20(2)9-5-8-18-14(22)13-10-19-16(24)21(15(13)23)11-12-6-3-4-7-17-12/h3-4,6-7,10H,5,8-9,11H2,1-2H3,(H,18,22)(H,19,24). The van der Waals surface area contributed by atoms with Gasteiger partial charge in [0.25, 0.3) is 11.5 Å². The fraction of sp³-hybridized carbons (Fsp3) is 0.375. The van der Waals surface area contributed by atoms with Crippen LogP contribution < -0.4 is 16.6 Å². The lowest BCUT2D eigenvalue weighted by atomic mass is 10.3. The molecule has 0 aliphatic heterocycles. The SMILES string of the molecule is CN(C)CCCNC(=O)c1c[nH]c(=O)n(Cc2ccccn2)c1=O. The molecule has 1 amide bonds. The van der Waals surface area contributed by atoms with Gasteiger partial charge < -0.3 is 15.2 Å². The highest BCUT2D eigenvalue weighted by molar-refractivity contribution is 5.93. The number of pyridine rings is 1. The predicted octanol–water partition coefficient (Wildman–Crippen LogP) is -0.339. The van der Waals surface area contributed by atoms with Gasteiger partial charge in [0.2, 0.25) is 0 Å². The molecule has 2 heterocycles. The highest BCUT2D eigenvalue weighted by Gasteiger charge is 2.14. The van der Waals surface area contributed by atoms with Crippen LogP contribution in [-0.2, 0) is 6.54 Å². The molecule has 0 atom stereocenters. The van der Waals surface area contributed by atoms with Gasteiger partial charge in [-0.2, -0.15) is 0 Å². The molecule has 2 aromatic heterocycles. The zero-order valence-electron chi connectivity index (χ0n) is 13.8. The number of nitrogens with one attached hydrogen (secondary N) is 2. The summed E-state index contributed by atoms with van der Waals surface area (Å²) in [6.45, 7) is 1.29. The summed E-state index contributed by atoms with van der Waals surface area (Å²) in [4.78, 5) is 45.0. The first-order valence-electron chi connectivity index (χ1n) is 7.64. The highest BCUT2D eigenvalue weighted by atomic mass is 16.2. The summed E-state index contributed by atoms with van der Waals surface area (Å²) >= 11 is 0. The first kappa shape index (κ1) is 17.6. The second-order valence-corrected chi connectivity index (χ2v) is 5.63. The van der Waals surface area contributed by atoms with Crippen LogP contribution in [0.3, 0.4) is 0 Å². The van der Waals surface area contributed by atoms with Gasteiger partial charge in [0, 0.05) is 18.9 Å². The van der Waals surface area contributed by atoms with Crippen LogP contribution >= 0.6 is 0 Å². The second-order valence-electron chi connectivity index (χ2n) is 5.63. The number of aromatic nitrogens is 3. The summed E-state index contributed by atoms with van der Waals surface area (Å²) in [5.74, 6) is -0.496. The van der Waals surface area contributed by atoms with E-state index in [2.05, 4.69) is 15.3 Å². The minimum atomic E-state index is -0.630. The van der Waals surface area contributed by atoms with Crippen molar-refractivity contribution in [1.29, 1.82) is 0 Å². The summed E-state index contributed by atoms with van der Waals surface area (Å²) in [5, 5.41) is 2.69. The molecule has 0 aromatic carbocycles. The normalized spacial score (nSPS) is 10.8. The summed E-state index contributed by atoms with van der Waals surface area (Å²) in [6.07, 6.45) is 3.50. The molecule has 0 aliphatic rings. The van der Waals surface area contributed by atoms with Crippen molar-refractivity contribution in [1.82, 2.24) is 24.8 Å². The first-order valence-corrected chi connectivity index (χ1v) is 7.64. The third-order valence-corrected chi connectivity index (χ3v) is 3.42. The van der Waals surface area contributed by atoms with E-state index in [1.165, 1.54) is 0 Å². The van der Waals surface area contributed by atoms with Crippen LogP contribution in [0.25, 0.3) is 0 Å². The van der Waals surface area contributed by atoms with Crippen molar-refractivity contribution in [2.75, 3.05) is 27.2 Å². The van der Waals surface area contributed by atoms with Gasteiger partial charge in [-0.05, 0) is 39.2 Å². The van der Waals surface area contributed by atoms with Crippen molar-refractivity contribution in [3.05, 3.63) is 62.7 Å². The molecule has 2 rings (SSSR count). The molecule has 128 valence electrons. The van der Waals surface area contributed by atoms with E-state index in [0.29, 0.717) is 12.2 Å². The van der Waals surface area contributed by atoms with E-state index in [4.69, 9.17) is 0 Å². The number of aromatic amines is 1. The van der Waals surface area contributed by atoms with Gasteiger partial charge in [0.05, 0.1) is 12.2 Å². The van der Waals surface area contributed by atoms with Crippen LogP contribution in [0.4, 0.5) is 0 Å². The Morgan fingerprint density at radius 3 is 2.79 bits per heavy atom.